The molecule has 0 radical (unpaired) electrons. The van der Waals surface area contributed by atoms with Gasteiger partial charge in [0, 0.05) is 15.4 Å². The van der Waals surface area contributed by atoms with E-state index in [1.807, 2.05) is 85.8 Å². The van der Waals surface area contributed by atoms with Gasteiger partial charge < -0.3 is 10.1 Å². The summed E-state index contributed by atoms with van der Waals surface area (Å²) >= 11 is 1.51. The summed E-state index contributed by atoms with van der Waals surface area (Å²) in [6.07, 6.45) is 1.21. The van der Waals surface area contributed by atoms with Crippen molar-refractivity contribution in [3.8, 4) is 5.75 Å². The van der Waals surface area contributed by atoms with Gasteiger partial charge in [-0.1, -0.05) is 66.4 Å². The van der Waals surface area contributed by atoms with Crippen molar-refractivity contribution in [1.29, 1.82) is 0 Å². The Hall–Kier alpha value is -3.75. The van der Waals surface area contributed by atoms with E-state index in [1.165, 1.54) is 22.3 Å². The van der Waals surface area contributed by atoms with Crippen LogP contribution in [0, 0.1) is 6.92 Å². The topological polar surface area (TPSA) is 75.7 Å². The van der Waals surface area contributed by atoms with Gasteiger partial charge >= 0.3 is 0 Å². The van der Waals surface area contributed by atoms with Crippen LogP contribution in [0.5, 0.6) is 5.75 Å². The second-order valence-electron chi connectivity index (χ2n) is 8.77. The highest BCUT2D eigenvalue weighted by molar-refractivity contribution is 7.99. The van der Waals surface area contributed by atoms with Crippen LogP contribution in [-0.2, 0) is 16.6 Å². The van der Waals surface area contributed by atoms with E-state index in [9.17, 15) is 13.2 Å². The SMILES string of the molecule is Cc1cccc(OCCNC(=O)c2ccc(CN(c3ccccc3Sc3ccccc3)S(C)(=O)=O)cc2)c1. The number of hydrogen-bond donors (Lipinski definition) is 1. The third kappa shape index (κ3) is 7.63. The molecule has 196 valence electrons. The number of ether oxygens (including phenoxy) is 1. The fourth-order valence-corrected chi connectivity index (χ4v) is 5.75. The van der Waals surface area contributed by atoms with Gasteiger partial charge in [-0.2, -0.15) is 0 Å². The van der Waals surface area contributed by atoms with E-state index in [-0.39, 0.29) is 12.5 Å². The number of carbonyl (C=O) groups excluding carboxylic acids is 1. The second-order valence-corrected chi connectivity index (χ2v) is 11.8. The minimum atomic E-state index is -3.57. The van der Waals surface area contributed by atoms with Crippen LogP contribution in [0.4, 0.5) is 5.69 Å². The molecule has 1 amide bonds. The van der Waals surface area contributed by atoms with Crippen LogP contribution in [0.2, 0.25) is 0 Å². The molecule has 0 saturated heterocycles. The van der Waals surface area contributed by atoms with E-state index in [0.717, 1.165) is 26.7 Å². The van der Waals surface area contributed by atoms with E-state index in [4.69, 9.17) is 4.74 Å². The van der Waals surface area contributed by atoms with Gasteiger partial charge in [0.15, 0.2) is 0 Å². The van der Waals surface area contributed by atoms with E-state index < -0.39 is 10.0 Å². The number of aryl methyl sites for hydroxylation is 1. The van der Waals surface area contributed by atoms with E-state index in [1.54, 1.807) is 24.3 Å². The Morgan fingerprint density at radius 1 is 0.895 bits per heavy atom. The number of hydrogen-bond acceptors (Lipinski definition) is 5. The summed E-state index contributed by atoms with van der Waals surface area (Å²) in [5, 5.41) is 2.85. The average molecular weight is 547 g/mol. The van der Waals surface area contributed by atoms with Crippen LogP contribution in [0.1, 0.15) is 21.5 Å². The Bertz CT molecular complexity index is 1470. The Kier molecular flexibility index (Phi) is 9.10. The lowest BCUT2D eigenvalue weighted by Crippen LogP contribution is -2.30. The zero-order chi connectivity index (χ0) is 27.0. The fraction of sp³-hybridized carbons (Fsp3) is 0.167. The molecular formula is C30H30N2O4S2. The number of carbonyl (C=O) groups is 1. The smallest absolute Gasteiger partial charge is 0.251 e. The predicted octanol–water partition coefficient (Wildman–Crippen LogP) is 5.92. The zero-order valence-electron chi connectivity index (χ0n) is 21.3. The van der Waals surface area contributed by atoms with E-state index >= 15 is 0 Å². The molecule has 0 aliphatic heterocycles. The predicted molar refractivity (Wildman–Crippen MR) is 153 cm³/mol. The number of benzene rings is 4. The summed E-state index contributed by atoms with van der Waals surface area (Å²) in [6, 6.07) is 32.0. The lowest BCUT2D eigenvalue weighted by molar-refractivity contribution is 0.0947. The van der Waals surface area contributed by atoms with Gasteiger partial charge in [-0.25, -0.2) is 8.42 Å². The summed E-state index contributed by atoms with van der Waals surface area (Å²) in [5.74, 6) is 0.553. The van der Waals surface area contributed by atoms with Crippen molar-refractivity contribution >= 4 is 33.4 Å². The van der Waals surface area contributed by atoms with Crippen molar-refractivity contribution in [2.75, 3.05) is 23.7 Å². The monoisotopic (exact) mass is 546 g/mol. The normalized spacial score (nSPS) is 11.1. The fourth-order valence-electron chi connectivity index (χ4n) is 3.81. The summed E-state index contributed by atoms with van der Waals surface area (Å²) in [4.78, 5) is 14.4. The van der Waals surface area contributed by atoms with Crippen molar-refractivity contribution in [3.05, 3.63) is 120 Å². The summed E-state index contributed by atoms with van der Waals surface area (Å²) < 4.78 is 32.7. The largest absolute Gasteiger partial charge is 0.492 e. The Morgan fingerprint density at radius 2 is 1.61 bits per heavy atom. The second kappa shape index (κ2) is 12.7. The minimum absolute atomic E-state index is 0.150. The van der Waals surface area contributed by atoms with Crippen molar-refractivity contribution < 1.29 is 17.9 Å². The van der Waals surface area contributed by atoms with Crippen LogP contribution in [0.15, 0.2) is 113 Å². The number of nitrogens with one attached hydrogen (secondary N) is 1. The highest BCUT2D eigenvalue weighted by Gasteiger charge is 2.21. The maximum absolute atomic E-state index is 12.8. The Balaban J connectivity index is 1.41. The molecule has 0 fully saturated rings. The molecule has 0 heterocycles. The van der Waals surface area contributed by atoms with Crippen LogP contribution in [0.25, 0.3) is 0 Å². The molecule has 0 spiro atoms. The standard InChI is InChI=1S/C30H30N2O4S2/c1-23-9-8-10-26(21-23)36-20-19-31-30(33)25-17-15-24(16-18-25)22-32(38(2,34)35)28-13-6-7-14-29(28)37-27-11-4-3-5-12-27/h3-18,21H,19-20,22H2,1-2H3,(H,31,33). The molecule has 4 aromatic rings. The van der Waals surface area contributed by atoms with Gasteiger partial charge in [-0.15, -0.1) is 0 Å². The van der Waals surface area contributed by atoms with Gasteiger partial charge in [0.25, 0.3) is 5.91 Å². The molecule has 0 saturated carbocycles. The maximum atomic E-state index is 12.8. The highest BCUT2D eigenvalue weighted by atomic mass is 32.2. The molecule has 1 N–H and O–H groups in total. The molecule has 4 rings (SSSR count). The maximum Gasteiger partial charge on any atom is 0.251 e. The van der Waals surface area contributed by atoms with Crippen molar-refractivity contribution in [2.24, 2.45) is 0 Å². The van der Waals surface area contributed by atoms with Gasteiger partial charge in [-0.3, -0.25) is 9.10 Å². The van der Waals surface area contributed by atoms with Crippen LogP contribution >= 0.6 is 11.8 Å². The Morgan fingerprint density at radius 3 is 2.32 bits per heavy atom. The summed E-state index contributed by atoms with van der Waals surface area (Å²) in [6.45, 7) is 2.87. The Labute approximate surface area is 228 Å². The molecule has 0 aliphatic rings. The molecule has 38 heavy (non-hydrogen) atoms. The first-order valence-electron chi connectivity index (χ1n) is 12.2. The average Bonchev–Trinajstić information content (AvgIpc) is 2.90. The van der Waals surface area contributed by atoms with Crippen LogP contribution in [0.3, 0.4) is 0 Å². The lowest BCUT2D eigenvalue weighted by atomic mass is 10.1. The van der Waals surface area contributed by atoms with Crippen LogP contribution < -0.4 is 14.4 Å². The van der Waals surface area contributed by atoms with E-state index in [2.05, 4.69) is 5.32 Å². The van der Waals surface area contributed by atoms with Gasteiger partial charge in [0.05, 0.1) is 25.0 Å². The zero-order valence-corrected chi connectivity index (χ0v) is 23.0. The number of amides is 1. The number of anilines is 1. The first kappa shape index (κ1) is 27.3. The third-order valence-electron chi connectivity index (χ3n) is 5.69. The quantitative estimate of drug-likeness (QED) is 0.236. The first-order chi connectivity index (χ1) is 18.3. The molecule has 0 bridgehead atoms. The van der Waals surface area contributed by atoms with Gasteiger partial charge in [0.2, 0.25) is 10.0 Å². The number of sulfonamides is 1. The molecule has 4 aromatic carbocycles. The minimum Gasteiger partial charge on any atom is -0.492 e. The highest BCUT2D eigenvalue weighted by Crippen LogP contribution is 2.36. The van der Waals surface area contributed by atoms with Crippen LogP contribution in [-0.4, -0.2) is 33.7 Å². The molecular weight excluding hydrogens is 516 g/mol. The van der Waals surface area contributed by atoms with Crippen molar-refractivity contribution in [2.45, 2.75) is 23.3 Å². The molecule has 6 nitrogen and oxygen atoms in total. The van der Waals surface area contributed by atoms with Gasteiger partial charge in [0.1, 0.15) is 12.4 Å². The summed E-state index contributed by atoms with van der Waals surface area (Å²) in [7, 11) is -3.57. The number of para-hydroxylation sites is 1. The lowest BCUT2D eigenvalue weighted by Gasteiger charge is -2.25. The number of nitrogens with zero attached hydrogens (tertiary/aromatic N) is 1. The number of rotatable bonds is 11. The summed E-state index contributed by atoms with van der Waals surface area (Å²) in [5.41, 5.74) is 2.99. The van der Waals surface area contributed by atoms with Crippen molar-refractivity contribution in [1.82, 2.24) is 5.32 Å². The first-order valence-corrected chi connectivity index (χ1v) is 14.8. The van der Waals surface area contributed by atoms with Gasteiger partial charge in [-0.05, 0) is 66.6 Å². The molecule has 0 unspecified atom stereocenters. The molecule has 0 aliphatic carbocycles. The molecule has 0 atom stereocenters. The van der Waals surface area contributed by atoms with E-state index in [0.29, 0.717) is 24.4 Å². The van der Waals surface area contributed by atoms with Crippen molar-refractivity contribution in [3.63, 3.8) is 0 Å². The third-order valence-corrected chi connectivity index (χ3v) is 7.89. The molecule has 8 heteroatoms. The molecule has 0 aromatic heterocycles.